The van der Waals surface area contributed by atoms with E-state index in [2.05, 4.69) is 21.2 Å². The second-order valence-electron chi connectivity index (χ2n) is 8.40. The van der Waals surface area contributed by atoms with Crippen molar-refractivity contribution in [1.82, 2.24) is 10.2 Å². The van der Waals surface area contributed by atoms with E-state index < -0.39 is 18.1 Å². The first-order valence-corrected chi connectivity index (χ1v) is 14.5. The molecule has 0 radical (unpaired) electrons. The van der Waals surface area contributed by atoms with Crippen molar-refractivity contribution in [2.24, 2.45) is 0 Å². The lowest BCUT2D eigenvalue weighted by molar-refractivity contribution is -0.154. The smallest absolute Gasteiger partial charge is 0.356 e. The molecular weight excluding hydrogens is 560 g/mol. The van der Waals surface area contributed by atoms with Crippen LogP contribution in [0.5, 0.6) is 0 Å². The molecule has 0 aliphatic carbocycles. The van der Waals surface area contributed by atoms with Crippen molar-refractivity contribution >= 4 is 56.8 Å². The number of amides is 2. The van der Waals surface area contributed by atoms with E-state index in [9.17, 15) is 14.4 Å². The number of nitrogens with one attached hydrogen (secondary N) is 1. The standard InChI is InChI=1S/C27H23BrN2O4S2/c28-15-19-16-36-26-22(29-21(31)14-20-12-7-13-35-20)25(32)30(26)23(19)27(33)34-24(17-8-3-1-4-9-17)18-10-5-2-6-11-18/h1-13,22,24,26H,14-16H2,(H,29,31)/t22?,26-/m1/s1. The molecule has 36 heavy (non-hydrogen) atoms. The van der Waals surface area contributed by atoms with Crippen molar-refractivity contribution in [3.63, 3.8) is 0 Å². The quantitative estimate of drug-likeness (QED) is 0.237. The molecule has 2 atom stereocenters. The highest BCUT2D eigenvalue weighted by atomic mass is 79.9. The fourth-order valence-electron chi connectivity index (χ4n) is 4.32. The van der Waals surface area contributed by atoms with Gasteiger partial charge in [0.25, 0.3) is 5.91 Å². The van der Waals surface area contributed by atoms with Crippen LogP contribution in [-0.2, 0) is 25.5 Å². The van der Waals surface area contributed by atoms with Crippen LogP contribution in [0.4, 0.5) is 0 Å². The zero-order chi connectivity index (χ0) is 25.1. The van der Waals surface area contributed by atoms with Crippen LogP contribution in [0.15, 0.2) is 89.4 Å². The second kappa shape index (κ2) is 11.0. The minimum absolute atomic E-state index is 0.205. The summed E-state index contributed by atoms with van der Waals surface area (Å²) in [6, 6.07) is 22.2. The Balaban J connectivity index is 1.36. The van der Waals surface area contributed by atoms with Gasteiger partial charge in [-0.15, -0.1) is 23.1 Å². The van der Waals surface area contributed by atoms with Crippen LogP contribution >= 0.6 is 39.0 Å². The van der Waals surface area contributed by atoms with Crippen LogP contribution < -0.4 is 5.32 Å². The summed E-state index contributed by atoms with van der Waals surface area (Å²) in [4.78, 5) is 41.7. The second-order valence-corrected chi connectivity index (χ2v) is 11.1. The first kappa shape index (κ1) is 24.8. The summed E-state index contributed by atoms with van der Waals surface area (Å²) in [5, 5.41) is 4.87. The fraction of sp³-hybridized carbons (Fsp3) is 0.222. The molecule has 1 fully saturated rings. The highest BCUT2D eigenvalue weighted by molar-refractivity contribution is 9.09. The average Bonchev–Trinajstić information content (AvgIpc) is 3.43. The Kier molecular flexibility index (Phi) is 7.59. The van der Waals surface area contributed by atoms with E-state index >= 15 is 0 Å². The maximum atomic E-state index is 13.6. The molecule has 1 N–H and O–H groups in total. The SMILES string of the molecule is O=C(Cc1cccs1)NC1C(=O)N2C(C(=O)OC(c3ccccc3)c3ccccc3)=C(CBr)CS[C@H]12. The van der Waals surface area contributed by atoms with Crippen LogP contribution in [0.25, 0.3) is 0 Å². The Bertz CT molecular complexity index is 1240. The summed E-state index contributed by atoms with van der Waals surface area (Å²) in [5.74, 6) is -0.496. The summed E-state index contributed by atoms with van der Waals surface area (Å²) in [5.41, 5.74) is 2.74. The molecule has 0 bridgehead atoms. The largest absolute Gasteiger partial charge is 0.448 e. The molecular formula is C27H23BrN2O4S2. The number of hydrogen-bond acceptors (Lipinski definition) is 6. The Morgan fingerprint density at radius 2 is 1.69 bits per heavy atom. The number of halogens is 1. The van der Waals surface area contributed by atoms with E-state index in [-0.39, 0.29) is 29.3 Å². The minimum atomic E-state index is -0.666. The van der Waals surface area contributed by atoms with Gasteiger partial charge in [-0.3, -0.25) is 14.5 Å². The molecule has 1 aromatic heterocycles. The number of nitrogens with zero attached hydrogens (tertiary/aromatic N) is 1. The van der Waals surface area contributed by atoms with Crippen molar-refractivity contribution in [3.05, 3.63) is 105 Å². The fourth-order valence-corrected chi connectivity index (χ4v) is 7.09. The topological polar surface area (TPSA) is 75.7 Å². The van der Waals surface area contributed by atoms with Crippen LogP contribution in [0.1, 0.15) is 22.1 Å². The molecule has 3 aromatic rings. The maximum absolute atomic E-state index is 13.6. The molecule has 2 amide bonds. The number of carbonyl (C=O) groups is 3. The molecule has 3 heterocycles. The van der Waals surface area contributed by atoms with E-state index in [0.717, 1.165) is 21.6 Å². The van der Waals surface area contributed by atoms with Gasteiger partial charge in [-0.25, -0.2) is 4.79 Å². The number of alkyl halides is 1. The highest BCUT2D eigenvalue weighted by Gasteiger charge is 2.54. The van der Waals surface area contributed by atoms with Gasteiger partial charge < -0.3 is 10.1 Å². The Hall–Kier alpha value is -2.88. The number of fused-ring (bicyclic) bond motifs is 1. The summed E-state index contributed by atoms with van der Waals surface area (Å²) in [6.07, 6.45) is -0.388. The number of carbonyl (C=O) groups excluding carboxylic acids is 3. The van der Waals surface area contributed by atoms with E-state index in [1.807, 2.05) is 78.2 Å². The Labute approximate surface area is 225 Å². The summed E-state index contributed by atoms with van der Waals surface area (Å²) >= 11 is 6.51. The number of esters is 1. The van der Waals surface area contributed by atoms with Gasteiger partial charge in [0.15, 0.2) is 6.10 Å². The zero-order valence-corrected chi connectivity index (χ0v) is 22.4. The van der Waals surface area contributed by atoms with Crippen molar-refractivity contribution in [2.75, 3.05) is 11.1 Å². The Morgan fingerprint density at radius 1 is 1.03 bits per heavy atom. The average molecular weight is 584 g/mol. The zero-order valence-electron chi connectivity index (χ0n) is 19.1. The predicted molar refractivity (Wildman–Crippen MR) is 145 cm³/mol. The Morgan fingerprint density at radius 3 is 2.28 bits per heavy atom. The number of ether oxygens (including phenoxy) is 1. The summed E-state index contributed by atoms with van der Waals surface area (Å²) in [6.45, 7) is 0. The molecule has 2 aliphatic heterocycles. The molecule has 9 heteroatoms. The molecule has 0 saturated carbocycles. The molecule has 2 aliphatic rings. The highest BCUT2D eigenvalue weighted by Crippen LogP contribution is 2.42. The van der Waals surface area contributed by atoms with Gasteiger partial charge in [-0.1, -0.05) is 82.7 Å². The van der Waals surface area contributed by atoms with E-state index in [1.165, 1.54) is 28.0 Å². The summed E-state index contributed by atoms with van der Waals surface area (Å²) < 4.78 is 6.07. The van der Waals surface area contributed by atoms with Crippen LogP contribution in [0.3, 0.4) is 0 Å². The molecule has 1 unspecified atom stereocenters. The van der Waals surface area contributed by atoms with Gasteiger partial charge in [-0.05, 0) is 28.1 Å². The van der Waals surface area contributed by atoms with Crippen molar-refractivity contribution in [3.8, 4) is 0 Å². The van der Waals surface area contributed by atoms with Gasteiger partial charge >= 0.3 is 5.97 Å². The number of β-lactam (4-membered cyclic amide) rings is 1. The molecule has 184 valence electrons. The van der Waals surface area contributed by atoms with E-state index in [0.29, 0.717) is 11.1 Å². The number of benzene rings is 2. The summed E-state index contributed by atoms with van der Waals surface area (Å²) in [7, 11) is 0. The monoisotopic (exact) mass is 582 g/mol. The van der Waals surface area contributed by atoms with Crippen LogP contribution in [-0.4, -0.2) is 45.2 Å². The van der Waals surface area contributed by atoms with Gasteiger partial charge in [0.1, 0.15) is 17.1 Å². The van der Waals surface area contributed by atoms with E-state index in [4.69, 9.17) is 4.74 Å². The third kappa shape index (κ3) is 5.00. The van der Waals surface area contributed by atoms with Crippen molar-refractivity contribution in [2.45, 2.75) is 23.9 Å². The van der Waals surface area contributed by atoms with Crippen LogP contribution in [0.2, 0.25) is 0 Å². The first-order valence-electron chi connectivity index (χ1n) is 11.4. The lowest BCUT2D eigenvalue weighted by Gasteiger charge is -2.49. The van der Waals surface area contributed by atoms with Gasteiger partial charge in [0.2, 0.25) is 5.91 Å². The normalized spacial score (nSPS) is 19.1. The van der Waals surface area contributed by atoms with Gasteiger partial charge in [0, 0.05) is 16.0 Å². The first-order chi connectivity index (χ1) is 17.6. The van der Waals surface area contributed by atoms with Gasteiger partial charge in [-0.2, -0.15) is 0 Å². The number of thiophene rings is 1. The lowest BCUT2D eigenvalue weighted by atomic mass is 10.0. The lowest BCUT2D eigenvalue weighted by Crippen LogP contribution is -2.70. The number of rotatable bonds is 8. The minimum Gasteiger partial charge on any atom is -0.448 e. The molecule has 0 spiro atoms. The third-order valence-corrected chi connectivity index (χ3v) is 8.96. The molecule has 5 rings (SSSR count). The van der Waals surface area contributed by atoms with Gasteiger partial charge in [0.05, 0.1) is 6.42 Å². The third-order valence-electron chi connectivity index (χ3n) is 6.06. The number of thioether (sulfide) groups is 1. The predicted octanol–water partition coefficient (Wildman–Crippen LogP) is 4.67. The maximum Gasteiger partial charge on any atom is 0.356 e. The molecule has 6 nitrogen and oxygen atoms in total. The van der Waals surface area contributed by atoms with Crippen LogP contribution in [0, 0.1) is 0 Å². The molecule has 1 saturated heterocycles. The number of hydrogen-bond donors (Lipinski definition) is 1. The van der Waals surface area contributed by atoms with E-state index in [1.54, 1.807) is 0 Å². The van der Waals surface area contributed by atoms with Crippen molar-refractivity contribution < 1.29 is 19.1 Å². The molecule has 2 aromatic carbocycles. The van der Waals surface area contributed by atoms with Crippen molar-refractivity contribution in [1.29, 1.82) is 0 Å².